The summed E-state index contributed by atoms with van der Waals surface area (Å²) in [4.78, 5) is 19.2. The highest BCUT2D eigenvalue weighted by molar-refractivity contribution is 5.84. The summed E-state index contributed by atoms with van der Waals surface area (Å²) < 4.78 is 0. The van der Waals surface area contributed by atoms with Gasteiger partial charge in [0.1, 0.15) is 5.69 Å². The smallest absolute Gasteiger partial charge is 0.182 e. The molecule has 1 spiro atoms. The first-order chi connectivity index (χ1) is 18.3. The first kappa shape index (κ1) is 21.0. The molecule has 0 saturated heterocycles. The standard InChI is InChI=1S/C33H26N4/c1-2-8-22(9-3-1)30-35-31(37-32(36-30)29-12-6-7-17-34-29)23-14-16-28-26(19-23)25-10-4-5-11-27(25)33(28)20-21-13-15-24(33)18-21/h1-12,14,16-17,19,21,24H,13,15,18,20H2/t21-,24+,33?/m1/s1. The zero-order valence-corrected chi connectivity index (χ0v) is 20.5. The second kappa shape index (κ2) is 7.91. The summed E-state index contributed by atoms with van der Waals surface area (Å²) in [7, 11) is 0. The molecule has 3 aromatic carbocycles. The van der Waals surface area contributed by atoms with Crippen LogP contribution in [0.3, 0.4) is 0 Å². The van der Waals surface area contributed by atoms with Crippen LogP contribution in [0.5, 0.6) is 0 Å². The highest BCUT2D eigenvalue weighted by atomic mass is 15.0. The fourth-order valence-corrected chi connectivity index (χ4v) is 7.37. The molecule has 4 heteroatoms. The van der Waals surface area contributed by atoms with E-state index in [0.29, 0.717) is 17.5 Å². The predicted octanol–water partition coefficient (Wildman–Crippen LogP) is 7.35. The van der Waals surface area contributed by atoms with Crippen molar-refractivity contribution in [3.8, 4) is 45.4 Å². The van der Waals surface area contributed by atoms with Gasteiger partial charge in [-0.05, 0) is 71.6 Å². The highest BCUT2D eigenvalue weighted by Crippen LogP contribution is 2.65. The van der Waals surface area contributed by atoms with Crippen molar-refractivity contribution < 1.29 is 0 Å². The number of hydrogen-bond donors (Lipinski definition) is 0. The Morgan fingerprint density at radius 1 is 0.622 bits per heavy atom. The molecule has 178 valence electrons. The van der Waals surface area contributed by atoms with E-state index in [2.05, 4.69) is 47.4 Å². The fraction of sp³-hybridized carbons (Fsp3) is 0.212. The van der Waals surface area contributed by atoms with Crippen molar-refractivity contribution in [2.24, 2.45) is 11.8 Å². The molecular formula is C33H26N4. The molecule has 0 aliphatic heterocycles. The molecule has 0 radical (unpaired) electrons. The van der Waals surface area contributed by atoms with Crippen molar-refractivity contribution in [2.75, 3.05) is 0 Å². The van der Waals surface area contributed by atoms with Crippen LogP contribution in [0.4, 0.5) is 0 Å². The Kier molecular flexibility index (Phi) is 4.48. The number of rotatable bonds is 3. The molecular weight excluding hydrogens is 452 g/mol. The van der Waals surface area contributed by atoms with E-state index in [-0.39, 0.29) is 5.41 Å². The van der Waals surface area contributed by atoms with Gasteiger partial charge in [-0.3, -0.25) is 4.98 Å². The average molecular weight is 479 g/mol. The van der Waals surface area contributed by atoms with Crippen molar-refractivity contribution in [1.82, 2.24) is 19.9 Å². The van der Waals surface area contributed by atoms with E-state index in [4.69, 9.17) is 15.0 Å². The third kappa shape index (κ3) is 3.08. The second-order valence-corrected chi connectivity index (χ2v) is 10.7. The number of aromatic nitrogens is 4. The van der Waals surface area contributed by atoms with Gasteiger partial charge in [-0.2, -0.15) is 0 Å². The molecule has 2 heterocycles. The summed E-state index contributed by atoms with van der Waals surface area (Å²) in [6.07, 6.45) is 7.18. The van der Waals surface area contributed by atoms with E-state index in [1.807, 2.05) is 48.5 Å². The van der Waals surface area contributed by atoms with Crippen LogP contribution in [-0.2, 0) is 5.41 Å². The Morgan fingerprint density at radius 3 is 2.16 bits per heavy atom. The minimum Gasteiger partial charge on any atom is -0.253 e. The zero-order chi connectivity index (χ0) is 24.4. The Bertz CT molecular complexity index is 1590. The van der Waals surface area contributed by atoms with Crippen LogP contribution in [0, 0.1) is 11.8 Å². The number of nitrogens with zero attached hydrogens (tertiary/aromatic N) is 4. The molecule has 0 N–H and O–H groups in total. The van der Waals surface area contributed by atoms with Crippen LogP contribution in [0.25, 0.3) is 45.4 Å². The molecule has 2 aromatic heterocycles. The molecule has 0 amide bonds. The number of fused-ring (bicyclic) bond motifs is 8. The predicted molar refractivity (Wildman–Crippen MR) is 146 cm³/mol. The van der Waals surface area contributed by atoms with Gasteiger partial charge in [0, 0.05) is 22.7 Å². The van der Waals surface area contributed by atoms with Crippen molar-refractivity contribution >= 4 is 0 Å². The van der Waals surface area contributed by atoms with Gasteiger partial charge in [0.05, 0.1) is 0 Å². The summed E-state index contributed by atoms with van der Waals surface area (Å²) in [6, 6.07) is 31.9. The molecule has 5 aromatic rings. The lowest BCUT2D eigenvalue weighted by atomic mass is 9.67. The minimum absolute atomic E-state index is 0.181. The number of hydrogen-bond acceptors (Lipinski definition) is 4. The Hall–Kier alpha value is -4.18. The molecule has 37 heavy (non-hydrogen) atoms. The summed E-state index contributed by atoms with van der Waals surface area (Å²) in [6.45, 7) is 0. The zero-order valence-electron chi connectivity index (χ0n) is 20.5. The van der Waals surface area contributed by atoms with Crippen molar-refractivity contribution in [1.29, 1.82) is 0 Å². The van der Waals surface area contributed by atoms with Gasteiger partial charge < -0.3 is 0 Å². The monoisotopic (exact) mass is 478 g/mol. The summed E-state index contributed by atoms with van der Waals surface area (Å²) in [5, 5.41) is 0. The van der Waals surface area contributed by atoms with Crippen LogP contribution in [0.15, 0.2) is 97.2 Å². The van der Waals surface area contributed by atoms with Crippen LogP contribution in [0.2, 0.25) is 0 Å². The average Bonchev–Trinajstić information content (AvgIpc) is 3.67. The third-order valence-corrected chi connectivity index (χ3v) is 8.87. The SMILES string of the molecule is c1ccc(-c2nc(-c3ccc4c(c3)-c3ccccc3C43C[C@@H]4CC[C@H]3C4)nc(-c3ccccn3)n2)cc1. The van der Waals surface area contributed by atoms with Crippen molar-refractivity contribution in [3.63, 3.8) is 0 Å². The van der Waals surface area contributed by atoms with Gasteiger partial charge in [0.2, 0.25) is 0 Å². The first-order valence-corrected chi connectivity index (χ1v) is 13.3. The Balaban J connectivity index is 1.32. The van der Waals surface area contributed by atoms with Gasteiger partial charge in [-0.1, -0.05) is 79.2 Å². The quantitative estimate of drug-likeness (QED) is 0.272. The maximum absolute atomic E-state index is 4.96. The Morgan fingerprint density at radius 2 is 1.38 bits per heavy atom. The van der Waals surface area contributed by atoms with E-state index in [1.54, 1.807) is 6.20 Å². The van der Waals surface area contributed by atoms with Gasteiger partial charge >= 0.3 is 0 Å². The summed E-state index contributed by atoms with van der Waals surface area (Å²) >= 11 is 0. The van der Waals surface area contributed by atoms with E-state index >= 15 is 0 Å². The van der Waals surface area contributed by atoms with Crippen molar-refractivity contribution in [3.05, 3.63) is 108 Å². The molecule has 2 saturated carbocycles. The molecule has 2 bridgehead atoms. The maximum Gasteiger partial charge on any atom is 0.182 e. The lowest BCUT2D eigenvalue weighted by Crippen LogP contribution is -2.31. The van der Waals surface area contributed by atoms with Gasteiger partial charge in [0.15, 0.2) is 17.5 Å². The van der Waals surface area contributed by atoms with Crippen molar-refractivity contribution in [2.45, 2.75) is 31.1 Å². The minimum atomic E-state index is 0.181. The molecule has 1 unspecified atom stereocenters. The maximum atomic E-state index is 4.96. The number of benzene rings is 3. The Labute approximate surface area is 216 Å². The van der Waals surface area contributed by atoms with E-state index in [1.165, 1.54) is 47.9 Å². The van der Waals surface area contributed by atoms with Gasteiger partial charge in [-0.25, -0.2) is 15.0 Å². The normalized spacial score (nSPS) is 22.8. The van der Waals surface area contributed by atoms with Crippen LogP contribution in [-0.4, -0.2) is 19.9 Å². The summed E-state index contributed by atoms with van der Waals surface area (Å²) in [5.41, 5.74) is 8.69. The summed E-state index contributed by atoms with van der Waals surface area (Å²) in [5.74, 6) is 3.56. The number of pyridine rings is 1. The van der Waals surface area contributed by atoms with E-state index in [0.717, 1.165) is 28.7 Å². The molecule has 3 aliphatic carbocycles. The molecule has 4 nitrogen and oxygen atoms in total. The molecule has 3 atom stereocenters. The van der Waals surface area contributed by atoms with Crippen LogP contribution < -0.4 is 0 Å². The third-order valence-electron chi connectivity index (χ3n) is 8.87. The topological polar surface area (TPSA) is 51.6 Å². The highest BCUT2D eigenvalue weighted by Gasteiger charge is 2.56. The first-order valence-electron chi connectivity index (χ1n) is 13.3. The van der Waals surface area contributed by atoms with Gasteiger partial charge in [0.25, 0.3) is 0 Å². The van der Waals surface area contributed by atoms with Gasteiger partial charge in [-0.15, -0.1) is 0 Å². The largest absolute Gasteiger partial charge is 0.253 e. The lowest BCUT2D eigenvalue weighted by Gasteiger charge is -2.36. The van der Waals surface area contributed by atoms with Crippen LogP contribution >= 0.6 is 0 Å². The molecule has 2 fully saturated rings. The fourth-order valence-electron chi connectivity index (χ4n) is 7.37. The van der Waals surface area contributed by atoms with E-state index in [9.17, 15) is 0 Å². The second-order valence-electron chi connectivity index (χ2n) is 10.7. The van der Waals surface area contributed by atoms with E-state index < -0.39 is 0 Å². The molecule has 8 rings (SSSR count). The molecule has 3 aliphatic rings. The van der Waals surface area contributed by atoms with Crippen LogP contribution in [0.1, 0.15) is 36.8 Å². The lowest BCUT2D eigenvalue weighted by molar-refractivity contribution is 0.327.